The number of hydrogen-bond donors (Lipinski definition) is 0. The van der Waals surface area contributed by atoms with Crippen LogP contribution >= 0.6 is 0 Å². The maximum absolute atomic E-state index is 2.56. The standard InChI is InChI=1S/C28H36Si2/c1-29(2,3)22-12-13-23-20(18-22)19-25-24(23)14-15-26(30(4,5)6)27(25)28(16-9-17-28)21-10-7-8-11-21/h7-8,10-15,18,21H,9,16-17,19H2,1-6H3. The molecule has 1 saturated carbocycles. The minimum absolute atomic E-state index is 0.327. The zero-order chi connectivity index (χ0) is 21.3. The Labute approximate surface area is 185 Å². The third-order valence-electron chi connectivity index (χ3n) is 7.88. The van der Waals surface area contributed by atoms with Crippen molar-refractivity contribution in [2.75, 3.05) is 0 Å². The summed E-state index contributed by atoms with van der Waals surface area (Å²) in [5.74, 6) is 0.578. The largest absolute Gasteiger partial charge is 0.0779 e. The molecule has 3 aliphatic rings. The van der Waals surface area contributed by atoms with Gasteiger partial charge < -0.3 is 0 Å². The summed E-state index contributed by atoms with van der Waals surface area (Å²) in [6.07, 6.45) is 14.7. The van der Waals surface area contributed by atoms with E-state index in [0.29, 0.717) is 11.3 Å². The molecule has 5 rings (SSSR count). The molecular formula is C28H36Si2. The van der Waals surface area contributed by atoms with Crippen LogP contribution in [0.1, 0.15) is 36.0 Å². The molecule has 0 nitrogen and oxygen atoms in total. The van der Waals surface area contributed by atoms with E-state index in [1.54, 1.807) is 27.1 Å². The second-order valence-electron chi connectivity index (χ2n) is 11.9. The summed E-state index contributed by atoms with van der Waals surface area (Å²) in [6.45, 7) is 15.0. The van der Waals surface area contributed by atoms with Crippen molar-refractivity contribution < 1.29 is 0 Å². The molecule has 0 N–H and O–H groups in total. The smallest absolute Gasteiger partial charge is 0.0767 e. The summed E-state index contributed by atoms with van der Waals surface area (Å²) in [7, 11) is -2.75. The predicted molar refractivity (Wildman–Crippen MR) is 138 cm³/mol. The van der Waals surface area contributed by atoms with Crippen molar-refractivity contribution in [3.63, 3.8) is 0 Å². The Balaban J connectivity index is 1.72. The van der Waals surface area contributed by atoms with E-state index in [-0.39, 0.29) is 0 Å². The molecule has 0 aromatic heterocycles. The van der Waals surface area contributed by atoms with Crippen molar-refractivity contribution in [1.29, 1.82) is 0 Å². The first-order chi connectivity index (χ1) is 14.1. The van der Waals surface area contributed by atoms with Crippen LogP contribution in [0.4, 0.5) is 0 Å². The first-order valence-corrected chi connectivity index (χ1v) is 18.8. The Kier molecular flexibility index (Phi) is 4.51. The summed E-state index contributed by atoms with van der Waals surface area (Å²) in [4.78, 5) is 0. The number of benzene rings is 2. The lowest BCUT2D eigenvalue weighted by atomic mass is 9.56. The van der Waals surface area contributed by atoms with E-state index >= 15 is 0 Å². The molecular weight excluding hydrogens is 392 g/mol. The number of fused-ring (bicyclic) bond motifs is 3. The molecule has 0 saturated heterocycles. The molecule has 0 unspecified atom stereocenters. The fourth-order valence-corrected chi connectivity index (χ4v) is 8.97. The normalized spacial score (nSPS) is 19.7. The maximum atomic E-state index is 2.56. The third-order valence-corrected chi connectivity index (χ3v) is 12.0. The first-order valence-electron chi connectivity index (χ1n) is 11.8. The first kappa shape index (κ1) is 20.3. The Morgan fingerprint density at radius 3 is 2.03 bits per heavy atom. The second-order valence-corrected chi connectivity index (χ2v) is 22.0. The number of allylic oxidation sites excluding steroid dienone is 4. The van der Waals surface area contributed by atoms with Gasteiger partial charge in [-0.05, 0) is 47.1 Å². The van der Waals surface area contributed by atoms with Crippen LogP contribution in [-0.2, 0) is 11.8 Å². The lowest BCUT2D eigenvalue weighted by Gasteiger charge is -2.49. The highest BCUT2D eigenvalue weighted by Gasteiger charge is 2.48. The van der Waals surface area contributed by atoms with Gasteiger partial charge in [-0.3, -0.25) is 0 Å². The molecule has 0 spiro atoms. The predicted octanol–water partition coefficient (Wildman–Crippen LogP) is 6.51. The van der Waals surface area contributed by atoms with Crippen LogP contribution in [0.15, 0.2) is 54.6 Å². The molecule has 0 amide bonds. The lowest BCUT2D eigenvalue weighted by Crippen LogP contribution is -2.50. The van der Waals surface area contributed by atoms with E-state index in [2.05, 4.69) is 93.9 Å². The summed E-state index contributed by atoms with van der Waals surface area (Å²) < 4.78 is 0. The van der Waals surface area contributed by atoms with Crippen molar-refractivity contribution in [2.45, 2.75) is 70.4 Å². The average molecular weight is 429 g/mol. The Bertz CT molecular complexity index is 1060. The van der Waals surface area contributed by atoms with Crippen LogP contribution < -0.4 is 10.4 Å². The van der Waals surface area contributed by atoms with Crippen LogP contribution in [0.5, 0.6) is 0 Å². The number of rotatable bonds is 4. The van der Waals surface area contributed by atoms with Gasteiger partial charge in [-0.25, -0.2) is 0 Å². The molecule has 0 bridgehead atoms. The SMILES string of the molecule is C[Si](C)(C)c1ccc2c(c1)Cc1c-2ccc([Si](C)(C)C)c1C1(C2C=CC=C2)CCC1. The summed E-state index contributed by atoms with van der Waals surface area (Å²) in [5.41, 5.74) is 8.37. The van der Waals surface area contributed by atoms with E-state index in [9.17, 15) is 0 Å². The van der Waals surface area contributed by atoms with Crippen LogP contribution in [-0.4, -0.2) is 16.1 Å². The maximum Gasteiger partial charge on any atom is 0.0779 e. The summed E-state index contributed by atoms with van der Waals surface area (Å²) in [6, 6.07) is 12.4. The van der Waals surface area contributed by atoms with Crippen LogP contribution in [0, 0.1) is 5.92 Å². The molecule has 0 aliphatic heterocycles. The third kappa shape index (κ3) is 2.98. The monoisotopic (exact) mass is 428 g/mol. The zero-order valence-corrected chi connectivity index (χ0v) is 21.6. The van der Waals surface area contributed by atoms with Crippen molar-refractivity contribution >= 4 is 26.5 Å². The quantitative estimate of drug-likeness (QED) is 0.415. The minimum Gasteiger partial charge on any atom is -0.0767 e. The van der Waals surface area contributed by atoms with Gasteiger partial charge in [-0.15, -0.1) is 0 Å². The summed E-state index contributed by atoms with van der Waals surface area (Å²) >= 11 is 0. The Hall–Kier alpha value is -1.65. The summed E-state index contributed by atoms with van der Waals surface area (Å²) in [5, 5.41) is 3.31. The van der Waals surface area contributed by atoms with Crippen molar-refractivity contribution in [2.24, 2.45) is 5.92 Å². The van der Waals surface area contributed by atoms with E-state index in [1.165, 1.54) is 30.4 Å². The van der Waals surface area contributed by atoms with Gasteiger partial charge >= 0.3 is 0 Å². The average Bonchev–Trinajstić information content (AvgIpc) is 3.26. The fraction of sp³-hybridized carbons (Fsp3) is 0.429. The molecule has 2 heteroatoms. The van der Waals surface area contributed by atoms with Gasteiger partial charge in [0, 0.05) is 11.3 Å². The molecule has 0 radical (unpaired) electrons. The van der Waals surface area contributed by atoms with Gasteiger partial charge in [-0.2, -0.15) is 0 Å². The van der Waals surface area contributed by atoms with E-state index in [4.69, 9.17) is 0 Å². The highest BCUT2D eigenvalue weighted by molar-refractivity contribution is 6.89. The van der Waals surface area contributed by atoms with E-state index < -0.39 is 16.1 Å². The van der Waals surface area contributed by atoms with Gasteiger partial charge in [0.05, 0.1) is 16.1 Å². The van der Waals surface area contributed by atoms with Crippen molar-refractivity contribution in [3.8, 4) is 11.1 Å². The second kappa shape index (κ2) is 6.67. The zero-order valence-electron chi connectivity index (χ0n) is 19.6. The molecule has 1 fully saturated rings. The lowest BCUT2D eigenvalue weighted by molar-refractivity contribution is 0.205. The molecule has 30 heavy (non-hydrogen) atoms. The van der Waals surface area contributed by atoms with Gasteiger partial charge in [0.15, 0.2) is 0 Å². The van der Waals surface area contributed by atoms with Crippen molar-refractivity contribution in [1.82, 2.24) is 0 Å². The highest BCUT2D eigenvalue weighted by Crippen LogP contribution is 2.54. The van der Waals surface area contributed by atoms with Gasteiger partial charge in [0.2, 0.25) is 0 Å². The van der Waals surface area contributed by atoms with E-state index in [0.717, 1.165) is 6.42 Å². The van der Waals surface area contributed by atoms with E-state index in [1.807, 2.05) is 0 Å². The Morgan fingerprint density at radius 1 is 0.800 bits per heavy atom. The Morgan fingerprint density at radius 2 is 1.47 bits per heavy atom. The molecule has 156 valence electrons. The van der Waals surface area contributed by atoms with Gasteiger partial charge in [0.25, 0.3) is 0 Å². The van der Waals surface area contributed by atoms with Crippen molar-refractivity contribution in [3.05, 3.63) is 71.3 Å². The molecule has 2 aromatic rings. The molecule has 0 atom stereocenters. The molecule has 0 heterocycles. The van der Waals surface area contributed by atoms with Crippen LogP contribution in [0.2, 0.25) is 39.3 Å². The molecule has 3 aliphatic carbocycles. The van der Waals surface area contributed by atoms with Gasteiger partial charge in [0.1, 0.15) is 0 Å². The number of hydrogen-bond acceptors (Lipinski definition) is 0. The minimum atomic E-state index is -1.45. The van der Waals surface area contributed by atoms with Crippen LogP contribution in [0.3, 0.4) is 0 Å². The fourth-order valence-electron chi connectivity index (χ4n) is 6.05. The van der Waals surface area contributed by atoms with Gasteiger partial charge in [-0.1, -0.05) is 111 Å². The van der Waals surface area contributed by atoms with Crippen LogP contribution in [0.25, 0.3) is 11.1 Å². The topological polar surface area (TPSA) is 0 Å². The highest BCUT2D eigenvalue weighted by atomic mass is 28.3. The molecule has 2 aromatic carbocycles.